The van der Waals surface area contributed by atoms with E-state index in [-0.39, 0.29) is 29.7 Å². The van der Waals surface area contributed by atoms with Gasteiger partial charge in [-0.05, 0) is 62.8 Å². The van der Waals surface area contributed by atoms with Crippen molar-refractivity contribution in [3.8, 4) is 11.1 Å². The number of aryl methyl sites for hydroxylation is 2. The molecular weight excluding hydrogens is 571 g/mol. The van der Waals surface area contributed by atoms with Gasteiger partial charge in [-0.25, -0.2) is 9.78 Å². The first kappa shape index (κ1) is 27.0. The number of amides is 1. The van der Waals surface area contributed by atoms with Crippen LogP contribution in [0.2, 0.25) is 0 Å². The van der Waals surface area contributed by atoms with Gasteiger partial charge in [0, 0.05) is 56.1 Å². The average molecular weight is 604 g/mol. The maximum atomic E-state index is 14.7. The second kappa shape index (κ2) is 9.47. The number of anilines is 2. The second-order valence-corrected chi connectivity index (χ2v) is 12.4. The van der Waals surface area contributed by atoms with Crippen LogP contribution < -0.4 is 10.2 Å². The summed E-state index contributed by atoms with van der Waals surface area (Å²) in [5.74, 6) is 0.851. The van der Waals surface area contributed by atoms with E-state index < -0.39 is 11.7 Å². The van der Waals surface area contributed by atoms with Crippen molar-refractivity contribution in [1.29, 1.82) is 0 Å². The molecule has 44 heavy (non-hydrogen) atoms. The fourth-order valence-electron chi connectivity index (χ4n) is 7.71. The van der Waals surface area contributed by atoms with E-state index in [2.05, 4.69) is 26.6 Å². The van der Waals surface area contributed by atoms with Crippen LogP contribution in [-0.2, 0) is 19.6 Å². The Kier molecular flexibility index (Phi) is 5.82. The molecule has 1 N–H and O–H groups in total. The maximum absolute atomic E-state index is 14.7. The molecule has 8 rings (SSSR count). The number of nitrogens with zero attached hydrogens (tertiary/aromatic N) is 8. The molecule has 0 spiro atoms. The van der Waals surface area contributed by atoms with Gasteiger partial charge in [0.05, 0.1) is 40.5 Å². The molecule has 3 aliphatic rings. The molecule has 1 aromatic carbocycles. The Morgan fingerprint density at radius 3 is 2.59 bits per heavy atom. The summed E-state index contributed by atoms with van der Waals surface area (Å²) in [5.41, 5.74) is 4.02. The van der Waals surface area contributed by atoms with Gasteiger partial charge in [0.2, 0.25) is 0 Å². The van der Waals surface area contributed by atoms with E-state index >= 15 is 0 Å². The molecule has 7 heterocycles. The smallest absolute Gasteiger partial charge is 0.372 e. The van der Waals surface area contributed by atoms with Crippen LogP contribution in [-0.4, -0.2) is 71.6 Å². The third kappa shape index (κ3) is 4.01. The van der Waals surface area contributed by atoms with Crippen LogP contribution in [0.1, 0.15) is 42.5 Å². The number of hydrogen-bond donors (Lipinski definition) is 1. The highest BCUT2D eigenvalue weighted by atomic mass is 19.4. The van der Waals surface area contributed by atoms with Gasteiger partial charge < -0.3 is 24.1 Å². The topological polar surface area (TPSA) is 88.5 Å². The van der Waals surface area contributed by atoms with Crippen molar-refractivity contribution < 1.29 is 18.0 Å². The van der Waals surface area contributed by atoms with Gasteiger partial charge in [-0.1, -0.05) is 10.9 Å². The first-order chi connectivity index (χ1) is 21.1. The summed E-state index contributed by atoms with van der Waals surface area (Å²) in [6, 6.07) is 6.99. The molecular formula is C31H32F3N9O. The third-order valence-electron chi connectivity index (χ3n) is 9.62. The van der Waals surface area contributed by atoms with E-state index in [0.29, 0.717) is 40.9 Å². The highest BCUT2D eigenvalue weighted by Gasteiger charge is 2.45. The molecule has 4 aromatic heterocycles. The highest BCUT2D eigenvalue weighted by molar-refractivity contribution is 6.04. The number of piperidine rings is 1. The van der Waals surface area contributed by atoms with Crippen LogP contribution in [0.3, 0.4) is 0 Å². The lowest BCUT2D eigenvalue weighted by atomic mass is 9.92. The van der Waals surface area contributed by atoms with Crippen molar-refractivity contribution in [2.24, 2.45) is 7.05 Å². The SMILES string of the molecule is Cc1cnn(C(=O)N2C3CCC2CC(Nc2cc4c5c(cccn25)-c2c(C(F)(F)F)cc5c(ncn5C)c2N(C)CC4)C3)n1. The van der Waals surface area contributed by atoms with E-state index in [1.54, 1.807) is 30.2 Å². The van der Waals surface area contributed by atoms with Crippen LogP contribution in [0.25, 0.3) is 27.7 Å². The van der Waals surface area contributed by atoms with E-state index in [9.17, 15) is 18.0 Å². The van der Waals surface area contributed by atoms with Crippen LogP contribution in [0.4, 0.5) is 29.5 Å². The lowest BCUT2D eigenvalue weighted by molar-refractivity contribution is -0.137. The number of aromatic nitrogens is 6. The molecule has 2 unspecified atom stereocenters. The van der Waals surface area contributed by atoms with Crippen molar-refractivity contribution in [2.45, 2.75) is 63.3 Å². The number of halogens is 3. The molecule has 2 fully saturated rings. The van der Waals surface area contributed by atoms with Crippen LogP contribution >= 0.6 is 0 Å². The lowest BCUT2D eigenvalue weighted by Crippen LogP contribution is -2.51. The van der Waals surface area contributed by atoms with Crippen molar-refractivity contribution in [2.75, 3.05) is 23.8 Å². The van der Waals surface area contributed by atoms with Gasteiger partial charge in [0.25, 0.3) is 0 Å². The minimum atomic E-state index is -4.56. The predicted octanol–water partition coefficient (Wildman–Crippen LogP) is 5.48. The van der Waals surface area contributed by atoms with Crippen molar-refractivity contribution >= 4 is 34.1 Å². The number of likely N-dealkylation sites (N-methyl/N-ethyl adjacent to an activating group) is 1. The Labute approximate surface area is 251 Å². The van der Waals surface area contributed by atoms with E-state index in [1.807, 2.05) is 40.4 Å². The first-order valence-electron chi connectivity index (χ1n) is 15.0. The fourth-order valence-corrected chi connectivity index (χ4v) is 7.71. The maximum Gasteiger partial charge on any atom is 0.417 e. The Balaban J connectivity index is 1.19. The van der Waals surface area contributed by atoms with Crippen molar-refractivity contribution in [3.63, 3.8) is 0 Å². The number of carbonyl (C=O) groups is 1. The normalized spacial score (nSPS) is 21.5. The van der Waals surface area contributed by atoms with Crippen molar-refractivity contribution in [3.05, 3.63) is 59.8 Å². The van der Waals surface area contributed by atoms with Gasteiger partial charge in [0.1, 0.15) is 11.3 Å². The zero-order valence-corrected chi connectivity index (χ0v) is 24.6. The summed E-state index contributed by atoms with van der Waals surface area (Å²) < 4.78 is 47.9. The number of fused-ring (bicyclic) bond motifs is 6. The zero-order valence-electron chi connectivity index (χ0n) is 24.6. The van der Waals surface area contributed by atoms with Gasteiger partial charge in [0.15, 0.2) is 0 Å². The molecule has 1 amide bonds. The van der Waals surface area contributed by atoms with Gasteiger partial charge >= 0.3 is 12.2 Å². The molecule has 10 nitrogen and oxygen atoms in total. The van der Waals surface area contributed by atoms with Crippen LogP contribution in [0.5, 0.6) is 0 Å². The minimum Gasteiger partial charge on any atom is -0.372 e. The molecule has 13 heteroatoms. The monoisotopic (exact) mass is 603 g/mol. The van der Waals surface area contributed by atoms with E-state index in [0.717, 1.165) is 42.6 Å². The van der Waals surface area contributed by atoms with Crippen molar-refractivity contribution in [1.82, 2.24) is 33.8 Å². The second-order valence-electron chi connectivity index (χ2n) is 12.4. The summed E-state index contributed by atoms with van der Waals surface area (Å²) >= 11 is 0. The molecule has 2 saturated heterocycles. The predicted molar refractivity (Wildman–Crippen MR) is 160 cm³/mol. The standard InChI is InChI=1S/C31H32F3N9O/c1-17-15-36-43(38-17)30(44)42-20-6-7-21(42)13-19(12-20)37-25-11-18-8-10-39(2)29-26(22-5-4-9-41(25)28(18)22)23(31(32,33)34)14-24-27(29)35-16-40(24)3/h4-5,9,11,14-16,19-21,37H,6-8,10,12-13H2,1-3H3. The summed E-state index contributed by atoms with van der Waals surface area (Å²) in [4.78, 5) is 22.8. The minimum absolute atomic E-state index is 0.0732. The van der Waals surface area contributed by atoms with Gasteiger partial charge in [-0.2, -0.15) is 18.3 Å². The molecule has 0 saturated carbocycles. The number of pyridine rings is 1. The number of imidazole rings is 1. The molecule has 3 aliphatic heterocycles. The summed E-state index contributed by atoms with van der Waals surface area (Å²) in [7, 11) is 3.56. The van der Waals surface area contributed by atoms with Crippen LogP contribution in [0.15, 0.2) is 43.0 Å². The van der Waals surface area contributed by atoms with Gasteiger partial charge in [-0.3, -0.25) is 0 Å². The summed E-state index contributed by atoms with van der Waals surface area (Å²) in [5, 5.41) is 12.1. The van der Waals surface area contributed by atoms with E-state index in [1.165, 1.54) is 10.9 Å². The molecule has 2 atom stereocenters. The number of alkyl halides is 3. The fraction of sp³-hybridized carbons (Fsp3) is 0.419. The van der Waals surface area contributed by atoms with Gasteiger partial charge in [-0.15, -0.1) is 5.10 Å². The largest absolute Gasteiger partial charge is 0.417 e. The first-order valence-corrected chi connectivity index (χ1v) is 15.0. The number of nitrogens with one attached hydrogen (secondary N) is 1. The number of rotatable bonds is 2. The lowest BCUT2D eigenvalue weighted by Gasteiger charge is -2.38. The quantitative estimate of drug-likeness (QED) is 0.288. The molecule has 0 aliphatic carbocycles. The molecule has 0 radical (unpaired) electrons. The Hall–Kier alpha value is -4.55. The average Bonchev–Trinajstić information content (AvgIpc) is 3.74. The molecule has 5 aromatic rings. The Bertz CT molecular complexity index is 1940. The third-order valence-corrected chi connectivity index (χ3v) is 9.62. The number of benzene rings is 1. The van der Waals surface area contributed by atoms with E-state index in [4.69, 9.17) is 0 Å². The zero-order chi connectivity index (χ0) is 30.5. The Morgan fingerprint density at radius 1 is 1.11 bits per heavy atom. The summed E-state index contributed by atoms with van der Waals surface area (Å²) in [6.07, 6.45) is 4.56. The molecule has 228 valence electrons. The highest BCUT2D eigenvalue weighted by Crippen LogP contribution is 2.49. The van der Waals surface area contributed by atoms with Crippen LogP contribution in [0, 0.1) is 6.92 Å². The number of hydrogen-bond acceptors (Lipinski definition) is 6. The Morgan fingerprint density at radius 2 is 1.89 bits per heavy atom. The summed E-state index contributed by atoms with van der Waals surface area (Å²) in [6.45, 7) is 2.35. The number of carbonyl (C=O) groups excluding carboxylic acids is 1. The molecule has 2 bridgehead atoms.